The Morgan fingerprint density at radius 1 is 1.00 bits per heavy atom. The van der Waals surface area contributed by atoms with E-state index in [-0.39, 0.29) is 11.8 Å². The van der Waals surface area contributed by atoms with Crippen molar-refractivity contribution in [3.8, 4) is 34.5 Å². The van der Waals surface area contributed by atoms with Crippen LogP contribution >= 0.6 is 0 Å². The number of ether oxygens (including phenoxy) is 5. The molecule has 43 heavy (non-hydrogen) atoms. The quantitative estimate of drug-likeness (QED) is 0.220. The molecule has 3 aromatic rings. The topological polar surface area (TPSA) is 81.7 Å². The van der Waals surface area contributed by atoms with Crippen LogP contribution in [0.5, 0.6) is 34.5 Å². The maximum absolute atomic E-state index is 11.3. The number of nitrogens with zero attached hydrogens (tertiary/aromatic N) is 1. The predicted molar refractivity (Wildman–Crippen MR) is 170 cm³/mol. The lowest BCUT2D eigenvalue weighted by molar-refractivity contribution is 0.147. The van der Waals surface area contributed by atoms with Crippen molar-refractivity contribution in [2.45, 2.75) is 58.2 Å². The van der Waals surface area contributed by atoms with Gasteiger partial charge in [0.1, 0.15) is 11.5 Å². The average molecular weight is 591 g/mol. The van der Waals surface area contributed by atoms with Crippen LogP contribution in [0.3, 0.4) is 0 Å². The van der Waals surface area contributed by atoms with Crippen molar-refractivity contribution in [1.82, 2.24) is 10.2 Å². The fourth-order valence-corrected chi connectivity index (χ4v) is 5.65. The highest BCUT2D eigenvalue weighted by atomic mass is 16.5. The summed E-state index contributed by atoms with van der Waals surface area (Å²) in [7, 11) is 8.90. The number of benzene rings is 3. The number of hydrogen-bond donors (Lipinski definition) is 2. The van der Waals surface area contributed by atoms with E-state index in [1.165, 1.54) is 5.56 Å². The summed E-state index contributed by atoms with van der Waals surface area (Å²) in [5.74, 6) is 3.55. The minimum Gasteiger partial charge on any atom is -0.502 e. The molecule has 0 aromatic heterocycles. The number of aromatic hydroxyl groups is 1. The number of phenolic OH excluding ortho intramolecular Hbond substituents is 1. The van der Waals surface area contributed by atoms with E-state index in [9.17, 15) is 5.11 Å². The minimum atomic E-state index is -0.404. The zero-order valence-electron chi connectivity index (χ0n) is 26.7. The molecule has 0 amide bonds. The molecule has 0 aliphatic carbocycles. The first kappa shape index (κ1) is 32.0. The molecule has 8 nitrogen and oxygen atoms in total. The summed E-state index contributed by atoms with van der Waals surface area (Å²) in [4.78, 5) is 2.30. The number of hydrogen-bond acceptors (Lipinski definition) is 8. The first-order valence-corrected chi connectivity index (χ1v) is 14.8. The van der Waals surface area contributed by atoms with Gasteiger partial charge in [0.05, 0.1) is 21.3 Å². The second kappa shape index (κ2) is 14.5. The first-order chi connectivity index (χ1) is 20.7. The van der Waals surface area contributed by atoms with E-state index in [1.54, 1.807) is 21.3 Å². The molecule has 3 atom stereocenters. The van der Waals surface area contributed by atoms with Gasteiger partial charge in [0.2, 0.25) is 5.75 Å². The van der Waals surface area contributed by atoms with Crippen molar-refractivity contribution in [2.75, 3.05) is 42.0 Å². The third-order valence-electron chi connectivity index (χ3n) is 8.22. The Balaban J connectivity index is 1.67. The van der Waals surface area contributed by atoms with Crippen molar-refractivity contribution >= 4 is 0 Å². The van der Waals surface area contributed by atoms with Gasteiger partial charge in [-0.15, -0.1) is 0 Å². The Morgan fingerprint density at radius 3 is 2.33 bits per heavy atom. The molecule has 0 saturated heterocycles. The maximum Gasteiger partial charge on any atom is 0.201 e. The molecule has 4 rings (SSSR count). The summed E-state index contributed by atoms with van der Waals surface area (Å²) in [6, 6.07) is 16.5. The summed E-state index contributed by atoms with van der Waals surface area (Å²) in [5, 5.41) is 14.6. The van der Waals surface area contributed by atoms with Gasteiger partial charge in [-0.1, -0.05) is 18.2 Å². The maximum atomic E-state index is 11.3. The van der Waals surface area contributed by atoms with Crippen LogP contribution in [0.1, 0.15) is 49.1 Å². The van der Waals surface area contributed by atoms with Gasteiger partial charge < -0.3 is 34.1 Å². The Kier molecular flexibility index (Phi) is 10.8. The number of phenols is 1. The predicted octanol–water partition coefficient (Wildman–Crippen LogP) is 6.44. The lowest BCUT2D eigenvalue weighted by Crippen LogP contribution is -2.34. The number of likely N-dealkylation sites (N-methyl/N-ethyl adjacent to an activating group) is 2. The van der Waals surface area contributed by atoms with E-state index < -0.39 is 6.10 Å². The molecule has 0 saturated carbocycles. The van der Waals surface area contributed by atoms with Gasteiger partial charge in [0.25, 0.3) is 0 Å². The molecule has 1 aliphatic heterocycles. The van der Waals surface area contributed by atoms with Crippen LogP contribution in [-0.4, -0.2) is 64.1 Å². The van der Waals surface area contributed by atoms with Crippen LogP contribution in [0.25, 0.3) is 0 Å². The Morgan fingerprint density at radius 2 is 1.70 bits per heavy atom. The van der Waals surface area contributed by atoms with Gasteiger partial charge in [-0.05, 0) is 107 Å². The molecular weight excluding hydrogens is 544 g/mol. The molecule has 1 heterocycles. The van der Waals surface area contributed by atoms with E-state index >= 15 is 0 Å². The van der Waals surface area contributed by atoms with Crippen LogP contribution in [0.4, 0.5) is 0 Å². The van der Waals surface area contributed by atoms with Gasteiger partial charge in [0.15, 0.2) is 29.1 Å². The Bertz CT molecular complexity index is 1400. The van der Waals surface area contributed by atoms with E-state index in [2.05, 4.69) is 42.4 Å². The van der Waals surface area contributed by atoms with Crippen LogP contribution in [0.2, 0.25) is 0 Å². The fourth-order valence-electron chi connectivity index (χ4n) is 5.65. The van der Waals surface area contributed by atoms with Crippen LogP contribution < -0.4 is 24.3 Å². The fraction of sp³-hybridized carbons (Fsp3) is 0.429. The van der Waals surface area contributed by atoms with Crippen molar-refractivity contribution in [1.29, 1.82) is 0 Å². The minimum absolute atomic E-state index is 0.00809. The second-order valence-corrected chi connectivity index (χ2v) is 11.1. The summed E-state index contributed by atoms with van der Waals surface area (Å²) < 4.78 is 29.5. The number of rotatable bonds is 13. The number of methoxy groups -OCH3 is 3. The highest BCUT2D eigenvalue weighted by Gasteiger charge is 2.33. The standard InChI is InChI=1S/C35H46N2O6/c1-9-29(39-6)23(3)42-35-33-26(21-32(41-8)34(35)38)16-17-37(5)28(33)19-25-12-15-30(40-7)31(20-25)43-27-13-10-24(11-14-27)18-22(2)36-4/h9-15,20-23,28,36,38H,16-19H2,1-8H3/b29-9+/t22-,23?,28+/m1/s1. The van der Waals surface area contributed by atoms with Crippen molar-refractivity contribution < 1.29 is 28.8 Å². The Labute approximate surface area is 256 Å². The average Bonchev–Trinajstić information content (AvgIpc) is 3.01. The SMILES string of the molecule is C/C=C(/OC)C(C)Oc1c(O)c(OC)cc2c1[C@H](Cc1ccc(OC)c(Oc3ccc(C[C@@H](C)NC)cc3)c1)N(C)CC2. The lowest BCUT2D eigenvalue weighted by Gasteiger charge is -2.37. The van der Waals surface area contributed by atoms with Gasteiger partial charge in [-0.2, -0.15) is 0 Å². The van der Waals surface area contributed by atoms with Crippen LogP contribution in [0.15, 0.2) is 60.4 Å². The van der Waals surface area contributed by atoms with Crippen molar-refractivity contribution in [3.63, 3.8) is 0 Å². The zero-order valence-corrected chi connectivity index (χ0v) is 26.7. The first-order valence-electron chi connectivity index (χ1n) is 14.8. The molecule has 8 heteroatoms. The molecule has 0 fully saturated rings. The summed E-state index contributed by atoms with van der Waals surface area (Å²) >= 11 is 0. The Hall–Kier alpha value is -3.88. The summed E-state index contributed by atoms with van der Waals surface area (Å²) in [6.07, 6.45) is 3.89. The van der Waals surface area contributed by atoms with E-state index in [1.807, 2.05) is 57.3 Å². The zero-order chi connectivity index (χ0) is 31.1. The van der Waals surface area contributed by atoms with E-state index in [0.717, 1.165) is 41.8 Å². The molecule has 0 bridgehead atoms. The third-order valence-corrected chi connectivity index (χ3v) is 8.22. The van der Waals surface area contributed by atoms with Crippen molar-refractivity contribution in [2.24, 2.45) is 0 Å². The molecule has 1 unspecified atom stereocenters. The van der Waals surface area contributed by atoms with Gasteiger partial charge in [-0.25, -0.2) is 0 Å². The number of allylic oxidation sites excluding steroid dienone is 1. The monoisotopic (exact) mass is 590 g/mol. The molecular formula is C35H46N2O6. The molecule has 2 N–H and O–H groups in total. The second-order valence-electron chi connectivity index (χ2n) is 11.1. The van der Waals surface area contributed by atoms with E-state index in [4.69, 9.17) is 23.7 Å². The summed E-state index contributed by atoms with van der Waals surface area (Å²) in [5.41, 5.74) is 4.36. The highest BCUT2D eigenvalue weighted by Crippen LogP contribution is 2.48. The molecule has 1 aliphatic rings. The molecule has 0 spiro atoms. The van der Waals surface area contributed by atoms with Crippen LogP contribution in [-0.2, 0) is 24.0 Å². The van der Waals surface area contributed by atoms with E-state index in [0.29, 0.717) is 41.2 Å². The van der Waals surface area contributed by atoms with Crippen molar-refractivity contribution in [3.05, 3.63) is 82.6 Å². The largest absolute Gasteiger partial charge is 0.502 e. The van der Waals surface area contributed by atoms with Gasteiger partial charge in [-0.3, -0.25) is 4.90 Å². The molecule has 232 valence electrons. The van der Waals surface area contributed by atoms with Crippen LogP contribution in [0, 0.1) is 0 Å². The smallest absolute Gasteiger partial charge is 0.201 e. The summed E-state index contributed by atoms with van der Waals surface area (Å²) in [6.45, 7) is 6.83. The third kappa shape index (κ3) is 7.37. The molecule has 3 aromatic carbocycles. The lowest BCUT2D eigenvalue weighted by atomic mass is 9.87. The van der Waals surface area contributed by atoms with Gasteiger partial charge in [0, 0.05) is 24.2 Å². The highest BCUT2D eigenvalue weighted by molar-refractivity contribution is 5.60. The molecule has 0 radical (unpaired) electrons. The number of nitrogens with one attached hydrogen (secondary N) is 1. The number of fused-ring (bicyclic) bond motifs is 1. The normalized spacial score (nSPS) is 16.7. The van der Waals surface area contributed by atoms with Gasteiger partial charge >= 0.3 is 0 Å².